The van der Waals surface area contributed by atoms with Gasteiger partial charge in [0.25, 0.3) is 0 Å². The van der Waals surface area contributed by atoms with Crippen LogP contribution in [0.3, 0.4) is 0 Å². The van der Waals surface area contributed by atoms with Gasteiger partial charge in [-0.15, -0.1) is 0 Å². The van der Waals surface area contributed by atoms with Crippen LogP contribution in [0.4, 0.5) is 4.79 Å². The zero-order chi connectivity index (χ0) is 11.3. The van der Waals surface area contributed by atoms with Gasteiger partial charge in [-0.25, -0.2) is 4.79 Å². The molecule has 0 aromatic carbocycles. The molecule has 0 aromatic heterocycles. The summed E-state index contributed by atoms with van der Waals surface area (Å²) in [4.78, 5) is 21.5. The highest BCUT2D eigenvalue weighted by molar-refractivity contribution is 5.94. The van der Waals surface area contributed by atoms with Crippen LogP contribution in [0.1, 0.15) is 32.6 Å². The number of nitrogens with two attached hydrogens (primary N) is 1. The van der Waals surface area contributed by atoms with Crippen molar-refractivity contribution in [2.75, 3.05) is 6.54 Å². The van der Waals surface area contributed by atoms with Crippen molar-refractivity contribution < 1.29 is 9.59 Å². The Labute approximate surface area is 89.8 Å². The Bertz CT molecular complexity index is 237. The number of urea groups is 1. The fraction of sp³-hybridized carbons (Fsp3) is 0.800. The molecule has 1 saturated carbocycles. The lowest BCUT2D eigenvalue weighted by molar-refractivity contribution is -0.119. The fourth-order valence-electron chi connectivity index (χ4n) is 2.06. The predicted octanol–water partition coefficient (Wildman–Crippen LogP) is 0.350. The quantitative estimate of drug-likeness (QED) is 0.630. The Morgan fingerprint density at radius 1 is 1.40 bits per heavy atom. The number of nitrogens with one attached hydrogen (secondary N) is 2. The first-order valence-electron chi connectivity index (χ1n) is 5.42. The molecular weight excluding hydrogens is 194 g/mol. The zero-order valence-corrected chi connectivity index (χ0v) is 9.08. The van der Waals surface area contributed by atoms with Crippen molar-refractivity contribution in [3.63, 3.8) is 0 Å². The Kier molecular flexibility index (Phi) is 4.55. The second-order valence-electron chi connectivity index (χ2n) is 4.13. The SMILES string of the molecule is CC(NCC(=O)NC(N)=O)C1CCCC1. The van der Waals surface area contributed by atoms with Crippen molar-refractivity contribution in [3.8, 4) is 0 Å². The third kappa shape index (κ3) is 4.29. The molecule has 0 aromatic rings. The first-order valence-corrected chi connectivity index (χ1v) is 5.42. The van der Waals surface area contributed by atoms with E-state index in [1.165, 1.54) is 25.7 Å². The maximum Gasteiger partial charge on any atom is 0.318 e. The number of carbonyl (C=O) groups excluding carboxylic acids is 2. The van der Waals surface area contributed by atoms with Crippen molar-refractivity contribution in [1.82, 2.24) is 10.6 Å². The molecule has 1 fully saturated rings. The highest BCUT2D eigenvalue weighted by Crippen LogP contribution is 2.27. The highest BCUT2D eigenvalue weighted by atomic mass is 16.2. The lowest BCUT2D eigenvalue weighted by atomic mass is 10.00. The van der Waals surface area contributed by atoms with Crippen LogP contribution < -0.4 is 16.4 Å². The van der Waals surface area contributed by atoms with Crippen LogP contribution in [0, 0.1) is 5.92 Å². The number of hydrogen-bond donors (Lipinski definition) is 3. The summed E-state index contributed by atoms with van der Waals surface area (Å²) in [5.41, 5.74) is 4.82. The topological polar surface area (TPSA) is 84.2 Å². The molecular formula is C10H19N3O2. The van der Waals surface area contributed by atoms with E-state index in [2.05, 4.69) is 12.2 Å². The summed E-state index contributed by atoms with van der Waals surface area (Å²) in [7, 11) is 0. The van der Waals surface area contributed by atoms with Crippen LogP contribution in [0.5, 0.6) is 0 Å². The molecule has 3 amide bonds. The molecule has 5 nitrogen and oxygen atoms in total. The van der Waals surface area contributed by atoms with Gasteiger partial charge >= 0.3 is 6.03 Å². The van der Waals surface area contributed by atoms with Crippen LogP contribution in [0.15, 0.2) is 0 Å². The van der Waals surface area contributed by atoms with E-state index in [0.29, 0.717) is 12.0 Å². The molecule has 1 aliphatic rings. The molecule has 86 valence electrons. The van der Waals surface area contributed by atoms with Crippen LogP contribution in [0.25, 0.3) is 0 Å². The Morgan fingerprint density at radius 2 is 2.00 bits per heavy atom. The maximum absolute atomic E-state index is 11.1. The Morgan fingerprint density at radius 3 is 2.53 bits per heavy atom. The zero-order valence-electron chi connectivity index (χ0n) is 9.08. The van der Waals surface area contributed by atoms with E-state index in [4.69, 9.17) is 5.73 Å². The molecule has 5 heteroatoms. The average Bonchev–Trinajstić information content (AvgIpc) is 2.65. The van der Waals surface area contributed by atoms with Gasteiger partial charge in [0.2, 0.25) is 5.91 Å². The van der Waals surface area contributed by atoms with Gasteiger partial charge in [-0.2, -0.15) is 0 Å². The number of primary amides is 1. The first kappa shape index (κ1) is 12.0. The number of rotatable bonds is 4. The van der Waals surface area contributed by atoms with Gasteiger partial charge in [0.15, 0.2) is 0 Å². The van der Waals surface area contributed by atoms with Gasteiger partial charge in [-0.3, -0.25) is 10.1 Å². The van der Waals surface area contributed by atoms with Gasteiger partial charge < -0.3 is 11.1 Å². The monoisotopic (exact) mass is 213 g/mol. The minimum absolute atomic E-state index is 0.153. The standard InChI is InChI=1S/C10H19N3O2/c1-7(8-4-2-3-5-8)12-6-9(14)13-10(11)15/h7-8,12H,2-6H2,1H3,(H3,11,13,14,15). The summed E-state index contributed by atoms with van der Waals surface area (Å²) in [5.74, 6) is 0.290. The van der Waals surface area contributed by atoms with Gasteiger partial charge in [0.05, 0.1) is 6.54 Å². The van der Waals surface area contributed by atoms with Crippen molar-refractivity contribution in [1.29, 1.82) is 0 Å². The summed E-state index contributed by atoms with van der Waals surface area (Å²) in [5, 5.41) is 5.14. The molecule has 1 atom stereocenters. The Hall–Kier alpha value is -1.10. The minimum Gasteiger partial charge on any atom is -0.351 e. The molecule has 1 unspecified atom stereocenters. The lowest BCUT2D eigenvalue weighted by Gasteiger charge is -2.19. The second kappa shape index (κ2) is 5.70. The first-order chi connectivity index (χ1) is 7.09. The lowest BCUT2D eigenvalue weighted by Crippen LogP contribution is -2.44. The molecule has 1 aliphatic carbocycles. The van der Waals surface area contributed by atoms with E-state index in [1.807, 2.05) is 5.32 Å². The van der Waals surface area contributed by atoms with Crippen LogP contribution in [-0.2, 0) is 4.79 Å². The summed E-state index contributed by atoms with van der Waals surface area (Å²) < 4.78 is 0. The molecule has 0 aliphatic heterocycles. The molecule has 1 rings (SSSR count). The number of carbonyl (C=O) groups is 2. The number of hydrogen-bond acceptors (Lipinski definition) is 3. The third-order valence-corrected chi connectivity index (χ3v) is 2.95. The maximum atomic E-state index is 11.1. The summed E-state index contributed by atoms with van der Waals surface area (Å²) >= 11 is 0. The molecule has 15 heavy (non-hydrogen) atoms. The molecule has 4 N–H and O–H groups in total. The van der Waals surface area contributed by atoms with Crippen LogP contribution >= 0.6 is 0 Å². The average molecular weight is 213 g/mol. The largest absolute Gasteiger partial charge is 0.351 e. The van der Waals surface area contributed by atoms with E-state index in [9.17, 15) is 9.59 Å². The van der Waals surface area contributed by atoms with E-state index in [-0.39, 0.29) is 12.5 Å². The van der Waals surface area contributed by atoms with E-state index in [0.717, 1.165) is 0 Å². The molecule has 0 spiro atoms. The van der Waals surface area contributed by atoms with Gasteiger partial charge in [-0.1, -0.05) is 12.8 Å². The smallest absolute Gasteiger partial charge is 0.318 e. The summed E-state index contributed by atoms with van der Waals surface area (Å²) in [6.45, 7) is 2.23. The second-order valence-corrected chi connectivity index (χ2v) is 4.13. The summed E-state index contributed by atoms with van der Waals surface area (Å²) in [6.07, 6.45) is 5.02. The van der Waals surface area contributed by atoms with Crippen molar-refractivity contribution >= 4 is 11.9 Å². The van der Waals surface area contributed by atoms with E-state index in [1.54, 1.807) is 0 Å². The predicted molar refractivity (Wildman–Crippen MR) is 57.1 cm³/mol. The minimum atomic E-state index is -0.796. The third-order valence-electron chi connectivity index (χ3n) is 2.95. The normalized spacial score (nSPS) is 18.7. The Balaban J connectivity index is 2.18. The highest BCUT2D eigenvalue weighted by Gasteiger charge is 2.21. The molecule has 0 saturated heterocycles. The molecule has 0 radical (unpaired) electrons. The fourth-order valence-corrected chi connectivity index (χ4v) is 2.06. The van der Waals surface area contributed by atoms with Gasteiger partial charge in [0, 0.05) is 6.04 Å². The van der Waals surface area contributed by atoms with Gasteiger partial charge in [-0.05, 0) is 25.7 Å². The van der Waals surface area contributed by atoms with Crippen molar-refractivity contribution in [2.24, 2.45) is 11.7 Å². The van der Waals surface area contributed by atoms with E-state index >= 15 is 0 Å². The summed E-state index contributed by atoms with van der Waals surface area (Å²) in [6, 6.07) is -0.471. The van der Waals surface area contributed by atoms with Gasteiger partial charge in [0.1, 0.15) is 0 Å². The van der Waals surface area contributed by atoms with Crippen LogP contribution in [0.2, 0.25) is 0 Å². The van der Waals surface area contributed by atoms with Crippen LogP contribution in [-0.4, -0.2) is 24.5 Å². The number of imide groups is 1. The molecule has 0 bridgehead atoms. The van der Waals surface area contributed by atoms with E-state index < -0.39 is 6.03 Å². The van der Waals surface area contributed by atoms with Crippen molar-refractivity contribution in [3.05, 3.63) is 0 Å². The van der Waals surface area contributed by atoms with Crippen molar-refractivity contribution in [2.45, 2.75) is 38.6 Å². The number of amides is 3. The molecule has 0 heterocycles.